The minimum absolute atomic E-state index is 0.0337. The van der Waals surface area contributed by atoms with Crippen molar-refractivity contribution in [3.05, 3.63) is 23.3 Å². The van der Waals surface area contributed by atoms with E-state index in [9.17, 15) is 0 Å². The lowest BCUT2D eigenvalue weighted by Gasteiger charge is -2.44. The van der Waals surface area contributed by atoms with Crippen molar-refractivity contribution < 1.29 is 4.43 Å². The van der Waals surface area contributed by atoms with Gasteiger partial charge in [-0.1, -0.05) is 70.8 Å². The Bertz CT molecular complexity index is 728. The fourth-order valence-corrected chi connectivity index (χ4v) is 11.6. The van der Waals surface area contributed by atoms with E-state index in [4.69, 9.17) is 10.2 Å². The Morgan fingerprint density at radius 1 is 1.06 bits per heavy atom. The Hall–Kier alpha value is -0.383. The molecule has 0 radical (unpaired) electrons. The molecule has 3 aliphatic rings. The Morgan fingerprint density at radius 3 is 2.43 bits per heavy atom. The van der Waals surface area contributed by atoms with Crippen LogP contribution in [0.1, 0.15) is 126 Å². The smallest absolute Gasteiger partial charge is 0.192 e. The monoisotopic (exact) mass is 501 g/mol. The van der Waals surface area contributed by atoms with E-state index < -0.39 is 8.32 Å². The number of hydrogen-bond donors (Lipinski definition) is 1. The van der Waals surface area contributed by atoms with Crippen LogP contribution in [0.2, 0.25) is 18.1 Å². The first kappa shape index (κ1) is 29.2. The molecule has 35 heavy (non-hydrogen) atoms. The van der Waals surface area contributed by atoms with Crippen LogP contribution in [-0.2, 0) is 4.43 Å². The standard InChI is InChI=1S/C32H59NOSi/c1-8-35(9-2,10-3)34-31(5,6)22-12-14-25(4)29-20-21-30-27(16-13-23-32(29,30)7)19-18-26-15-11-17-28(33)24-26/h18-19,25,28-30H,8-17,20-24,33H2,1-7H3/b26-18-,27-19+/t25-,28+,29?,30+,32-/m1/s1. The SMILES string of the molecule is CC[Si](CC)(CC)OC(C)(C)CCC[C@@H](C)C1CC[C@H]2/C(=C/C=C3/CCC[C@H](N)C3)CCC[C@]12C. The van der Waals surface area contributed by atoms with Gasteiger partial charge in [0.25, 0.3) is 0 Å². The van der Waals surface area contributed by atoms with Crippen molar-refractivity contribution in [2.24, 2.45) is 28.9 Å². The average Bonchev–Trinajstić information content (AvgIpc) is 3.19. The van der Waals surface area contributed by atoms with Crippen molar-refractivity contribution in [3.63, 3.8) is 0 Å². The molecule has 0 aromatic rings. The third kappa shape index (κ3) is 7.14. The molecule has 3 fully saturated rings. The maximum atomic E-state index is 6.90. The summed E-state index contributed by atoms with van der Waals surface area (Å²) in [6, 6.07) is 4.14. The first-order chi connectivity index (χ1) is 16.6. The zero-order valence-corrected chi connectivity index (χ0v) is 25.6. The van der Waals surface area contributed by atoms with E-state index in [1.807, 2.05) is 0 Å². The molecule has 2 N–H and O–H groups in total. The van der Waals surface area contributed by atoms with E-state index in [2.05, 4.69) is 60.6 Å². The highest BCUT2D eigenvalue weighted by atomic mass is 28.4. The fourth-order valence-electron chi connectivity index (χ4n) is 8.38. The molecular weight excluding hydrogens is 442 g/mol. The van der Waals surface area contributed by atoms with Crippen LogP contribution in [-0.4, -0.2) is 20.0 Å². The molecule has 0 amide bonds. The van der Waals surface area contributed by atoms with Crippen LogP contribution in [0, 0.1) is 23.2 Å². The van der Waals surface area contributed by atoms with Gasteiger partial charge in [-0.05, 0) is 119 Å². The van der Waals surface area contributed by atoms with Gasteiger partial charge in [0.15, 0.2) is 8.32 Å². The van der Waals surface area contributed by atoms with Gasteiger partial charge in [0.2, 0.25) is 0 Å². The summed E-state index contributed by atoms with van der Waals surface area (Å²) in [6.45, 7) is 17.0. The van der Waals surface area contributed by atoms with Crippen molar-refractivity contribution in [2.75, 3.05) is 0 Å². The third-order valence-corrected chi connectivity index (χ3v) is 15.6. The van der Waals surface area contributed by atoms with Gasteiger partial charge in [-0.3, -0.25) is 0 Å². The highest BCUT2D eigenvalue weighted by Gasteiger charge is 2.50. The summed E-state index contributed by atoms with van der Waals surface area (Å²) in [5.41, 5.74) is 10.1. The Labute approximate surface area is 220 Å². The van der Waals surface area contributed by atoms with Crippen LogP contribution >= 0.6 is 0 Å². The molecule has 0 aliphatic heterocycles. The third-order valence-electron chi connectivity index (χ3n) is 10.7. The van der Waals surface area contributed by atoms with Gasteiger partial charge in [-0.15, -0.1) is 0 Å². The number of hydrogen-bond acceptors (Lipinski definition) is 2. The van der Waals surface area contributed by atoms with E-state index in [1.54, 1.807) is 11.1 Å². The quantitative estimate of drug-likeness (QED) is 0.286. The van der Waals surface area contributed by atoms with Crippen molar-refractivity contribution in [2.45, 2.75) is 155 Å². The zero-order chi connectivity index (χ0) is 25.7. The normalized spacial score (nSPS) is 33.3. The van der Waals surface area contributed by atoms with Crippen LogP contribution in [0.5, 0.6) is 0 Å². The van der Waals surface area contributed by atoms with Crippen molar-refractivity contribution in [1.82, 2.24) is 0 Å². The molecule has 3 rings (SSSR count). The van der Waals surface area contributed by atoms with E-state index in [0.717, 1.165) is 24.2 Å². The molecule has 3 aliphatic carbocycles. The second kappa shape index (κ2) is 12.4. The molecule has 3 saturated carbocycles. The summed E-state index contributed by atoms with van der Waals surface area (Å²) in [5, 5.41) is 0. The maximum absolute atomic E-state index is 6.90. The van der Waals surface area contributed by atoms with Crippen molar-refractivity contribution in [1.29, 1.82) is 0 Å². The number of nitrogens with two attached hydrogens (primary N) is 1. The van der Waals surface area contributed by atoms with E-state index in [-0.39, 0.29) is 5.60 Å². The second-order valence-electron chi connectivity index (χ2n) is 13.5. The van der Waals surface area contributed by atoms with Gasteiger partial charge in [0.05, 0.1) is 5.60 Å². The highest BCUT2D eigenvalue weighted by molar-refractivity contribution is 6.73. The number of allylic oxidation sites excluding steroid dienone is 3. The highest BCUT2D eigenvalue weighted by Crippen LogP contribution is 2.60. The van der Waals surface area contributed by atoms with E-state index in [1.165, 1.54) is 88.8 Å². The summed E-state index contributed by atoms with van der Waals surface area (Å²) in [4.78, 5) is 0. The number of fused-ring (bicyclic) bond motifs is 1. The summed E-state index contributed by atoms with van der Waals surface area (Å²) in [6.07, 6.45) is 20.7. The lowest BCUT2D eigenvalue weighted by Crippen LogP contribution is -2.44. The molecule has 5 atom stereocenters. The van der Waals surface area contributed by atoms with Crippen molar-refractivity contribution >= 4 is 8.32 Å². The molecular formula is C32H59NOSi. The molecule has 202 valence electrons. The molecule has 1 unspecified atom stereocenters. The number of rotatable bonds is 11. The van der Waals surface area contributed by atoms with E-state index >= 15 is 0 Å². The topological polar surface area (TPSA) is 35.2 Å². The summed E-state index contributed by atoms with van der Waals surface area (Å²) in [5.74, 6) is 2.51. The molecule has 0 saturated heterocycles. The van der Waals surface area contributed by atoms with Gasteiger partial charge in [0, 0.05) is 6.04 Å². The van der Waals surface area contributed by atoms with Crippen LogP contribution in [0.25, 0.3) is 0 Å². The largest absolute Gasteiger partial charge is 0.412 e. The molecule has 0 aromatic heterocycles. The Balaban J connectivity index is 1.58. The maximum Gasteiger partial charge on any atom is 0.192 e. The zero-order valence-electron chi connectivity index (χ0n) is 24.6. The van der Waals surface area contributed by atoms with Gasteiger partial charge in [-0.2, -0.15) is 0 Å². The Morgan fingerprint density at radius 2 is 1.77 bits per heavy atom. The molecule has 2 nitrogen and oxygen atoms in total. The minimum Gasteiger partial charge on any atom is -0.412 e. The molecule has 0 heterocycles. The van der Waals surface area contributed by atoms with Gasteiger partial charge < -0.3 is 10.2 Å². The first-order valence-corrected chi connectivity index (χ1v) is 17.9. The first-order valence-electron chi connectivity index (χ1n) is 15.4. The van der Waals surface area contributed by atoms with E-state index in [0.29, 0.717) is 11.5 Å². The Kier molecular flexibility index (Phi) is 10.4. The average molecular weight is 502 g/mol. The summed E-state index contributed by atoms with van der Waals surface area (Å²) >= 11 is 0. The van der Waals surface area contributed by atoms with Crippen molar-refractivity contribution in [3.8, 4) is 0 Å². The van der Waals surface area contributed by atoms with Crippen LogP contribution < -0.4 is 5.73 Å². The van der Waals surface area contributed by atoms with Gasteiger partial charge >= 0.3 is 0 Å². The van der Waals surface area contributed by atoms with Crippen LogP contribution in [0.4, 0.5) is 0 Å². The lowest BCUT2D eigenvalue weighted by molar-refractivity contribution is 0.0704. The van der Waals surface area contributed by atoms with Crippen LogP contribution in [0.3, 0.4) is 0 Å². The summed E-state index contributed by atoms with van der Waals surface area (Å²) < 4.78 is 6.90. The molecule has 0 bridgehead atoms. The van der Waals surface area contributed by atoms with Crippen LogP contribution in [0.15, 0.2) is 23.3 Å². The van der Waals surface area contributed by atoms with Gasteiger partial charge in [0.1, 0.15) is 0 Å². The molecule has 0 spiro atoms. The van der Waals surface area contributed by atoms with Gasteiger partial charge in [-0.25, -0.2) is 0 Å². The second-order valence-corrected chi connectivity index (χ2v) is 18.2. The predicted octanol–water partition coefficient (Wildman–Crippen LogP) is 9.56. The predicted molar refractivity (Wildman–Crippen MR) is 156 cm³/mol. The molecule has 0 aromatic carbocycles. The lowest BCUT2D eigenvalue weighted by atomic mass is 9.60. The molecule has 3 heteroatoms. The summed E-state index contributed by atoms with van der Waals surface area (Å²) in [7, 11) is -1.54. The fraction of sp³-hybridized carbons (Fsp3) is 0.875. The minimum atomic E-state index is -1.54.